The van der Waals surface area contributed by atoms with Crippen molar-refractivity contribution in [3.63, 3.8) is 0 Å². The van der Waals surface area contributed by atoms with Crippen LogP contribution >= 0.6 is 0 Å². The van der Waals surface area contributed by atoms with Crippen molar-refractivity contribution in [3.05, 3.63) is 0 Å². The number of nitrogens with two attached hydrogens (primary N) is 2. The molecule has 0 radical (unpaired) electrons. The molecule has 0 saturated carbocycles. The molecule has 0 unspecified atom stereocenters. The minimum atomic E-state index is -0.609. The molecule has 0 heterocycles. The highest BCUT2D eigenvalue weighted by molar-refractivity contribution is 5.87. The van der Waals surface area contributed by atoms with Crippen LogP contribution in [0.15, 0.2) is 0 Å². The molecule has 11 N–H and O–H groups in total. The van der Waals surface area contributed by atoms with Crippen LogP contribution < -0.4 is 48.7 Å². The van der Waals surface area contributed by atoms with Crippen molar-refractivity contribution in [2.45, 2.75) is 116 Å². The third-order valence-electron chi connectivity index (χ3n) is 11.6. The molecule has 0 bridgehead atoms. The molecular formula is C52H97N9O17. The molecule has 452 valence electrons. The zero-order valence-corrected chi connectivity index (χ0v) is 47.0. The maximum atomic E-state index is 13.2. The van der Waals surface area contributed by atoms with Gasteiger partial charge in [0, 0.05) is 77.0 Å². The number of hydrogen-bond donors (Lipinski definition) is 9. The van der Waals surface area contributed by atoms with Crippen molar-refractivity contribution in [2.75, 3.05) is 152 Å². The van der Waals surface area contributed by atoms with Crippen LogP contribution in [-0.2, 0) is 81.0 Å². The van der Waals surface area contributed by atoms with Gasteiger partial charge < -0.3 is 86.6 Å². The average Bonchev–Trinajstić information content (AvgIpc) is 3.40. The number of likely N-dealkylation sites (N-methyl/N-ethyl adjacent to an activating group) is 1. The monoisotopic (exact) mass is 1120 g/mol. The molecule has 78 heavy (non-hydrogen) atoms. The van der Waals surface area contributed by atoms with E-state index in [-0.39, 0.29) is 178 Å². The van der Waals surface area contributed by atoms with Crippen LogP contribution in [-0.4, -0.2) is 211 Å². The zero-order chi connectivity index (χ0) is 57.7. The van der Waals surface area contributed by atoms with E-state index in [0.717, 1.165) is 19.3 Å². The molecule has 26 nitrogen and oxygen atoms in total. The van der Waals surface area contributed by atoms with Crippen LogP contribution in [0, 0.1) is 11.8 Å². The number of carbonyl (C=O) groups is 9. The van der Waals surface area contributed by atoms with Crippen LogP contribution in [0.2, 0.25) is 0 Å². The average molecular weight is 1120 g/mol. The Morgan fingerprint density at radius 2 is 0.769 bits per heavy atom. The van der Waals surface area contributed by atoms with Gasteiger partial charge in [0.15, 0.2) is 5.78 Å². The molecule has 0 aliphatic rings. The Kier molecular flexibility index (Phi) is 49.4. The maximum absolute atomic E-state index is 13.2. The predicted molar refractivity (Wildman–Crippen MR) is 288 cm³/mol. The molecule has 0 aromatic carbocycles. The number of hydrogen-bond acceptors (Lipinski definition) is 18. The topological polar surface area (TPSA) is 364 Å². The van der Waals surface area contributed by atoms with Gasteiger partial charge in [-0.3, -0.25) is 43.2 Å². The van der Waals surface area contributed by atoms with Crippen LogP contribution in [0.4, 0.5) is 0 Å². The van der Waals surface area contributed by atoms with Crippen LogP contribution in [0.1, 0.15) is 110 Å². The molecule has 0 saturated heterocycles. The van der Waals surface area contributed by atoms with Gasteiger partial charge in [0.2, 0.25) is 47.3 Å². The highest BCUT2D eigenvalue weighted by Gasteiger charge is 2.22. The lowest BCUT2D eigenvalue weighted by Crippen LogP contribution is -2.39. The van der Waals surface area contributed by atoms with E-state index in [1.54, 1.807) is 7.05 Å². The summed E-state index contributed by atoms with van der Waals surface area (Å²) in [7, 11) is 1.66. The zero-order valence-electron chi connectivity index (χ0n) is 47.0. The van der Waals surface area contributed by atoms with E-state index in [1.165, 1.54) is 0 Å². The first kappa shape index (κ1) is 73.1. The van der Waals surface area contributed by atoms with Gasteiger partial charge in [0.25, 0.3) is 0 Å². The summed E-state index contributed by atoms with van der Waals surface area (Å²) in [5.41, 5.74) is 10.7. The van der Waals surface area contributed by atoms with Crippen molar-refractivity contribution >= 4 is 53.0 Å². The van der Waals surface area contributed by atoms with Gasteiger partial charge in [-0.25, -0.2) is 0 Å². The molecular weight excluding hydrogens is 1020 g/mol. The second-order valence-electron chi connectivity index (χ2n) is 18.2. The lowest BCUT2D eigenvalue weighted by atomic mass is 9.95. The summed E-state index contributed by atoms with van der Waals surface area (Å²) in [4.78, 5) is 109. The molecule has 0 spiro atoms. The summed E-state index contributed by atoms with van der Waals surface area (Å²) in [5, 5.41) is 19.5. The largest absolute Gasteiger partial charge is 0.379 e. The third kappa shape index (κ3) is 47.1. The normalized spacial score (nSPS) is 12.2. The minimum Gasteiger partial charge on any atom is -0.379 e. The molecule has 0 rings (SSSR count). The summed E-state index contributed by atoms with van der Waals surface area (Å²) in [6, 6.07) is -0.454. The van der Waals surface area contributed by atoms with Crippen LogP contribution in [0.5, 0.6) is 0 Å². The fourth-order valence-corrected chi connectivity index (χ4v) is 7.18. The maximum Gasteiger partial charge on any atom is 0.246 e. The Labute approximate surface area is 461 Å². The highest BCUT2D eigenvalue weighted by atomic mass is 16.5. The van der Waals surface area contributed by atoms with E-state index < -0.39 is 17.9 Å². The lowest BCUT2D eigenvalue weighted by molar-refractivity contribution is -0.131. The van der Waals surface area contributed by atoms with Crippen LogP contribution in [0.25, 0.3) is 0 Å². The van der Waals surface area contributed by atoms with E-state index in [2.05, 4.69) is 37.2 Å². The first-order valence-electron chi connectivity index (χ1n) is 27.7. The molecule has 26 heteroatoms. The van der Waals surface area contributed by atoms with Gasteiger partial charge in [0.05, 0.1) is 78.7 Å². The smallest absolute Gasteiger partial charge is 0.246 e. The van der Waals surface area contributed by atoms with E-state index >= 15 is 0 Å². The van der Waals surface area contributed by atoms with Gasteiger partial charge in [-0.05, 0) is 71.3 Å². The number of carbonyl (C=O) groups excluding carboxylic acids is 9. The Morgan fingerprint density at radius 3 is 1.21 bits per heavy atom. The second-order valence-corrected chi connectivity index (χ2v) is 18.2. The Balaban J connectivity index is 4.16. The Morgan fingerprint density at radius 1 is 0.385 bits per heavy atom. The molecule has 0 fully saturated rings. The van der Waals surface area contributed by atoms with Gasteiger partial charge in [-0.15, -0.1) is 0 Å². The van der Waals surface area contributed by atoms with E-state index in [4.69, 9.17) is 49.4 Å². The summed E-state index contributed by atoms with van der Waals surface area (Å²) >= 11 is 0. The van der Waals surface area contributed by atoms with E-state index in [1.807, 2.05) is 13.8 Å². The first-order valence-corrected chi connectivity index (χ1v) is 27.7. The SMILES string of the molecule is CCCOCCOCC(=O)NCCOCCOCC(=O)C[C@@H](CCCCNC(=O)CCCC(=O)NCCOCCOCC(=O)NCCOCCOCC(=O)NCCCC[C@H](CC)C(N)=O)C(=O)NCCCC[C@H](NC)C(N)=O. The van der Waals surface area contributed by atoms with Crippen molar-refractivity contribution in [3.8, 4) is 0 Å². The standard InChI is InChI=1S/C52H97N9O17/c1-4-24-71-28-33-76-39-48(66)59-22-26-73-29-32-75-37-43(62)36-42(52(70)61-20-11-8-15-44(55-3)51(54)69)14-7-10-18-56-45(63)16-12-17-46(64)58-21-25-72-30-35-78-40-49(67)60-23-27-74-31-34-77-38-47(65)57-19-9-6-13-41(5-2)50(53)68/h41-42,44,55H,4-40H2,1-3H3,(H2,53,68)(H2,54,69)(H,56,63)(H,57,65)(H,58,64)(H,59,66)(H,60,67)(H,61,70)/t41-,42+,44-/m0/s1. The number of amides is 8. The van der Waals surface area contributed by atoms with Crippen molar-refractivity contribution in [1.82, 2.24) is 37.2 Å². The molecule has 8 amide bonds. The molecule has 0 aromatic rings. The molecule has 0 aromatic heterocycles. The lowest BCUT2D eigenvalue weighted by Gasteiger charge is -2.17. The number of primary amides is 2. The van der Waals surface area contributed by atoms with Crippen molar-refractivity contribution in [1.29, 1.82) is 0 Å². The first-order chi connectivity index (χ1) is 37.7. The van der Waals surface area contributed by atoms with Gasteiger partial charge in [-0.2, -0.15) is 0 Å². The minimum absolute atomic E-state index is 0.0284. The summed E-state index contributed by atoms with van der Waals surface area (Å²) in [6.07, 6.45) is 7.85. The number of nitrogens with one attached hydrogen (secondary N) is 7. The summed E-state index contributed by atoms with van der Waals surface area (Å²) in [6.45, 7) is 8.85. The summed E-state index contributed by atoms with van der Waals surface area (Å²) in [5.74, 6) is -3.23. The number of unbranched alkanes of at least 4 members (excludes halogenated alkanes) is 3. The highest BCUT2D eigenvalue weighted by Crippen LogP contribution is 2.15. The Hall–Kier alpha value is -4.93. The molecule has 3 atom stereocenters. The molecule has 0 aliphatic heterocycles. The number of rotatable bonds is 57. The number of Topliss-reactive ketones (excluding diaryl/α,β-unsaturated/α-hetero) is 1. The summed E-state index contributed by atoms with van der Waals surface area (Å²) < 4.78 is 42.9. The van der Waals surface area contributed by atoms with Gasteiger partial charge in [-0.1, -0.05) is 26.7 Å². The fraction of sp³-hybridized carbons (Fsp3) is 0.827. The van der Waals surface area contributed by atoms with Crippen LogP contribution in [0.3, 0.4) is 0 Å². The molecule has 0 aliphatic carbocycles. The van der Waals surface area contributed by atoms with E-state index in [0.29, 0.717) is 97.2 Å². The van der Waals surface area contributed by atoms with Crippen molar-refractivity contribution in [2.24, 2.45) is 23.3 Å². The number of ketones is 1. The quantitative estimate of drug-likeness (QED) is 0.0332. The fourth-order valence-electron chi connectivity index (χ4n) is 7.18. The number of ether oxygens (including phenoxy) is 8. The second kappa shape index (κ2) is 52.8. The third-order valence-corrected chi connectivity index (χ3v) is 11.6. The Bertz CT molecular complexity index is 1630. The van der Waals surface area contributed by atoms with Crippen molar-refractivity contribution < 1.29 is 81.0 Å². The van der Waals surface area contributed by atoms with E-state index in [9.17, 15) is 43.2 Å². The van der Waals surface area contributed by atoms with Gasteiger partial charge >= 0.3 is 0 Å². The van der Waals surface area contributed by atoms with Gasteiger partial charge in [0.1, 0.15) is 26.4 Å². The predicted octanol–water partition coefficient (Wildman–Crippen LogP) is -0.932.